The summed E-state index contributed by atoms with van der Waals surface area (Å²) in [7, 11) is 0. The maximum Gasteiger partial charge on any atom is 0.280 e. The van der Waals surface area contributed by atoms with Crippen molar-refractivity contribution in [2.45, 2.75) is 70.9 Å². The van der Waals surface area contributed by atoms with E-state index in [9.17, 15) is 14.0 Å². The molecule has 0 unspecified atom stereocenters. The number of halogens is 1. The molecule has 0 bridgehead atoms. The van der Waals surface area contributed by atoms with Crippen molar-refractivity contribution in [3.63, 3.8) is 0 Å². The molecular weight excluding hydrogens is 509 g/mol. The Kier molecular flexibility index (Phi) is 8.99. The van der Waals surface area contributed by atoms with Crippen LogP contribution in [0.3, 0.4) is 0 Å². The predicted octanol–water partition coefficient (Wildman–Crippen LogP) is 4.97. The van der Waals surface area contributed by atoms with E-state index in [1.807, 2.05) is 32.0 Å². The maximum absolute atomic E-state index is 13.4. The van der Waals surface area contributed by atoms with Gasteiger partial charge in [0.2, 0.25) is 11.5 Å². The monoisotopic (exact) mass is 549 g/mol. The van der Waals surface area contributed by atoms with Crippen LogP contribution in [0.2, 0.25) is 0 Å². The van der Waals surface area contributed by atoms with Gasteiger partial charge in [0.05, 0.1) is 11.0 Å². The second-order valence-corrected chi connectivity index (χ2v) is 11.3. The van der Waals surface area contributed by atoms with Crippen molar-refractivity contribution in [3.8, 4) is 5.75 Å². The first-order chi connectivity index (χ1) is 19.4. The summed E-state index contributed by atoms with van der Waals surface area (Å²) in [6, 6.07) is 11.5. The van der Waals surface area contributed by atoms with Gasteiger partial charge in [0.25, 0.3) is 5.91 Å². The van der Waals surface area contributed by atoms with Crippen molar-refractivity contribution in [1.29, 1.82) is 0 Å². The van der Waals surface area contributed by atoms with Crippen LogP contribution in [0, 0.1) is 11.7 Å². The number of hydrogen-bond acceptors (Lipinski definition) is 4. The minimum Gasteiger partial charge on any atom is -0.492 e. The summed E-state index contributed by atoms with van der Waals surface area (Å²) in [5.74, 6) is 0.0304. The number of rotatable bonds is 8. The van der Waals surface area contributed by atoms with E-state index in [1.165, 1.54) is 43.5 Å². The molecule has 1 saturated heterocycles. The fourth-order valence-corrected chi connectivity index (χ4v) is 5.88. The third-order valence-electron chi connectivity index (χ3n) is 7.99. The molecule has 2 fully saturated rings. The zero-order chi connectivity index (χ0) is 28.1. The van der Waals surface area contributed by atoms with E-state index < -0.39 is 11.7 Å². The number of ether oxygens (including phenoxy) is 1. The molecule has 3 aromatic rings. The number of hydrogen-bond donors (Lipinski definition) is 2. The average molecular weight is 550 g/mol. The Morgan fingerprint density at radius 3 is 2.48 bits per heavy atom. The number of carbonyl (C=O) groups excluding carboxylic acids is 2. The summed E-state index contributed by atoms with van der Waals surface area (Å²) in [5.41, 5.74) is 2.54. The van der Waals surface area contributed by atoms with Crippen LogP contribution < -0.4 is 15.7 Å². The molecule has 2 amide bonds. The van der Waals surface area contributed by atoms with Gasteiger partial charge in [-0.3, -0.25) is 14.5 Å². The molecule has 1 aromatic heterocycles. The van der Waals surface area contributed by atoms with Crippen LogP contribution in [0.1, 0.15) is 75.2 Å². The number of nitrogens with one attached hydrogen (secondary N) is 2. The summed E-state index contributed by atoms with van der Waals surface area (Å²) < 4.78 is 21.7. The topological polar surface area (TPSA) is 91.7 Å². The van der Waals surface area contributed by atoms with Crippen LogP contribution in [0.5, 0.6) is 5.75 Å². The van der Waals surface area contributed by atoms with Crippen LogP contribution in [-0.2, 0) is 4.79 Å². The molecule has 0 radical (unpaired) electrons. The van der Waals surface area contributed by atoms with E-state index in [1.54, 1.807) is 0 Å². The van der Waals surface area contributed by atoms with Gasteiger partial charge < -0.3 is 19.6 Å². The maximum atomic E-state index is 13.4. The quantitative estimate of drug-likeness (QED) is 0.415. The van der Waals surface area contributed by atoms with Gasteiger partial charge in [-0.25, -0.2) is 4.39 Å². The molecule has 2 aliphatic rings. The number of H-pyrrole nitrogens is 1. The smallest absolute Gasteiger partial charge is 0.280 e. The summed E-state index contributed by atoms with van der Waals surface area (Å²) in [4.78, 5) is 35.9. The van der Waals surface area contributed by atoms with Crippen molar-refractivity contribution < 1.29 is 18.7 Å². The molecule has 1 aliphatic heterocycles. The van der Waals surface area contributed by atoms with E-state index >= 15 is 0 Å². The molecule has 1 aliphatic carbocycles. The van der Waals surface area contributed by atoms with Crippen LogP contribution in [0.4, 0.5) is 4.39 Å². The van der Waals surface area contributed by atoms with Gasteiger partial charge in [0, 0.05) is 36.2 Å². The Hall–Kier alpha value is -3.46. The van der Waals surface area contributed by atoms with Crippen LogP contribution >= 0.6 is 0 Å². The van der Waals surface area contributed by atoms with Gasteiger partial charge in [0.1, 0.15) is 18.2 Å². The largest absolute Gasteiger partial charge is 0.492 e. The number of likely N-dealkylation sites (tertiary alicyclic amines) is 1. The van der Waals surface area contributed by atoms with Crippen molar-refractivity contribution in [3.05, 3.63) is 59.5 Å². The standard InChI is InChI=1S/C31H40FN5O3/c1-21(2)33-29(38)23-8-12-25(13-9-23)37-28-20-26(40-19-18-36-16-4-3-5-17-36)14-15-27(28)34-31(37)35-30(39)22-6-10-24(32)11-7-22/h6-7,10-11,14-15,20-21,23,25H,3-5,8-9,12-13,16-19H2,1-2H3,(H,33,38)(H,34,35,39)/t23-,25+. The molecule has 2 N–H and O–H groups in total. The number of aromatic amines is 1. The van der Waals surface area contributed by atoms with Crippen molar-refractivity contribution in [2.75, 3.05) is 26.2 Å². The number of aromatic nitrogens is 2. The second-order valence-electron chi connectivity index (χ2n) is 11.3. The predicted molar refractivity (Wildman–Crippen MR) is 153 cm³/mol. The molecule has 8 nitrogen and oxygen atoms in total. The van der Waals surface area contributed by atoms with E-state index in [4.69, 9.17) is 4.74 Å². The van der Waals surface area contributed by atoms with E-state index in [-0.39, 0.29) is 23.9 Å². The summed E-state index contributed by atoms with van der Waals surface area (Å²) >= 11 is 0. The molecule has 0 spiro atoms. The summed E-state index contributed by atoms with van der Waals surface area (Å²) in [6.07, 6.45) is 6.92. The Balaban J connectivity index is 1.41. The first-order valence-corrected chi connectivity index (χ1v) is 14.6. The second kappa shape index (κ2) is 12.8. The van der Waals surface area contributed by atoms with Crippen LogP contribution in [-0.4, -0.2) is 58.5 Å². The Bertz CT molecular complexity index is 1380. The average Bonchev–Trinajstić information content (AvgIpc) is 3.30. The minimum atomic E-state index is -0.441. The first kappa shape index (κ1) is 28.1. The fraction of sp³-hybridized carbons (Fsp3) is 0.516. The van der Waals surface area contributed by atoms with Crippen LogP contribution in [0.25, 0.3) is 11.0 Å². The molecule has 0 atom stereocenters. The highest BCUT2D eigenvalue weighted by atomic mass is 19.1. The Labute approximate surface area is 234 Å². The van der Waals surface area contributed by atoms with Gasteiger partial charge in [0.15, 0.2) is 0 Å². The molecule has 40 heavy (non-hydrogen) atoms. The lowest BCUT2D eigenvalue weighted by Crippen LogP contribution is -2.38. The lowest BCUT2D eigenvalue weighted by molar-refractivity contribution is -0.126. The SMILES string of the molecule is CC(C)NC(=O)[C@H]1CC[C@@H](n2/c(=N/C(=O)c3ccc(F)cc3)[nH]c3ccc(OCCN4CCCCC4)cc32)CC1. The van der Waals surface area contributed by atoms with E-state index in [0.717, 1.165) is 62.1 Å². The van der Waals surface area contributed by atoms with Crippen molar-refractivity contribution >= 4 is 22.8 Å². The third kappa shape index (κ3) is 6.81. The molecule has 2 aromatic carbocycles. The number of amides is 2. The summed E-state index contributed by atoms with van der Waals surface area (Å²) in [5, 5.41) is 3.04. The number of piperidine rings is 1. The number of benzene rings is 2. The Morgan fingerprint density at radius 2 is 1.77 bits per heavy atom. The normalized spacial score (nSPS) is 20.6. The van der Waals surface area contributed by atoms with Gasteiger partial charge in [-0.15, -0.1) is 0 Å². The molecular formula is C31H40FN5O3. The molecule has 5 rings (SSSR count). The van der Waals surface area contributed by atoms with Gasteiger partial charge in [-0.05, 0) is 102 Å². The number of carbonyl (C=O) groups is 2. The molecule has 1 saturated carbocycles. The highest BCUT2D eigenvalue weighted by molar-refractivity contribution is 5.95. The van der Waals surface area contributed by atoms with Gasteiger partial charge >= 0.3 is 0 Å². The molecule has 9 heteroatoms. The van der Waals surface area contributed by atoms with Crippen molar-refractivity contribution in [2.24, 2.45) is 10.9 Å². The third-order valence-corrected chi connectivity index (χ3v) is 7.99. The zero-order valence-electron chi connectivity index (χ0n) is 23.5. The highest BCUT2D eigenvalue weighted by Crippen LogP contribution is 2.34. The van der Waals surface area contributed by atoms with Crippen molar-refractivity contribution in [1.82, 2.24) is 19.8 Å². The highest BCUT2D eigenvalue weighted by Gasteiger charge is 2.29. The minimum absolute atomic E-state index is 0.0145. The molecule has 214 valence electrons. The summed E-state index contributed by atoms with van der Waals surface area (Å²) in [6.45, 7) is 7.73. The number of imidazole rings is 1. The zero-order valence-corrected chi connectivity index (χ0v) is 23.5. The lowest BCUT2D eigenvalue weighted by Gasteiger charge is -2.29. The van der Waals surface area contributed by atoms with E-state index in [0.29, 0.717) is 17.8 Å². The van der Waals surface area contributed by atoms with E-state index in [2.05, 4.69) is 24.8 Å². The van der Waals surface area contributed by atoms with Gasteiger partial charge in [-0.2, -0.15) is 4.99 Å². The first-order valence-electron chi connectivity index (χ1n) is 14.6. The lowest BCUT2D eigenvalue weighted by atomic mass is 9.85. The number of fused-ring (bicyclic) bond motifs is 1. The number of nitrogens with zero attached hydrogens (tertiary/aromatic N) is 3. The molecule has 2 heterocycles. The fourth-order valence-electron chi connectivity index (χ4n) is 5.88. The van der Waals surface area contributed by atoms with Crippen LogP contribution in [0.15, 0.2) is 47.5 Å². The van der Waals surface area contributed by atoms with Gasteiger partial charge in [-0.1, -0.05) is 6.42 Å². The Morgan fingerprint density at radius 1 is 1.05 bits per heavy atom.